The number of hydrogen-bond donors (Lipinski definition) is 1. The highest BCUT2D eigenvalue weighted by Crippen LogP contribution is 2.36. The first-order chi connectivity index (χ1) is 10.6. The fourth-order valence-electron chi connectivity index (χ4n) is 2.40. The number of thiophene rings is 1. The fraction of sp³-hybridized carbons (Fsp3) is 0.533. The van der Waals surface area contributed by atoms with E-state index < -0.39 is 0 Å². The van der Waals surface area contributed by atoms with Crippen LogP contribution in [0.2, 0.25) is 0 Å². The Labute approximate surface area is 133 Å². The van der Waals surface area contributed by atoms with Crippen LogP contribution in [0.1, 0.15) is 42.7 Å². The van der Waals surface area contributed by atoms with Crippen LogP contribution in [0.4, 0.5) is 9.80 Å². The van der Waals surface area contributed by atoms with Gasteiger partial charge in [-0.3, -0.25) is 4.79 Å². The quantitative estimate of drug-likeness (QED) is 0.924. The molecule has 0 bridgehead atoms. The molecule has 0 atom stereocenters. The van der Waals surface area contributed by atoms with E-state index in [1.807, 2.05) is 6.92 Å². The molecule has 0 aromatic carbocycles. The lowest BCUT2D eigenvalue weighted by molar-refractivity contribution is -0.116. The predicted octanol–water partition coefficient (Wildman–Crippen LogP) is 2.87. The lowest BCUT2D eigenvalue weighted by Crippen LogP contribution is -2.35. The Bertz CT molecular complexity index is 618. The second-order valence-corrected chi connectivity index (χ2v) is 6.09. The van der Waals surface area contributed by atoms with Crippen molar-refractivity contribution in [3.63, 3.8) is 0 Å². The predicted molar refractivity (Wildman–Crippen MR) is 83.7 cm³/mol. The first-order valence-electron chi connectivity index (χ1n) is 7.36. The smallest absolute Gasteiger partial charge is 0.410 e. The Kier molecular flexibility index (Phi) is 5.39. The summed E-state index contributed by atoms with van der Waals surface area (Å²) in [5.74, 6) is -0.0835. The zero-order valence-electron chi connectivity index (χ0n) is 12.8. The first-order valence-corrected chi connectivity index (χ1v) is 8.18. The summed E-state index contributed by atoms with van der Waals surface area (Å²) in [4.78, 5) is 26.1. The molecular formula is C15H19N3O3S. The van der Waals surface area contributed by atoms with Crippen LogP contribution in [0.15, 0.2) is 0 Å². The second kappa shape index (κ2) is 7.27. The van der Waals surface area contributed by atoms with E-state index in [0.717, 1.165) is 16.9 Å². The summed E-state index contributed by atoms with van der Waals surface area (Å²) in [6.07, 6.45) is 1.46. The Morgan fingerprint density at radius 1 is 1.45 bits per heavy atom. The maximum absolute atomic E-state index is 11.8. The van der Waals surface area contributed by atoms with Crippen molar-refractivity contribution >= 4 is 28.3 Å². The topological polar surface area (TPSA) is 82.4 Å². The van der Waals surface area contributed by atoms with Crippen molar-refractivity contribution in [3.05, 3.63) is 16.0 Å². The maximum Gasteiger partial charge on any atom is 0.410 e. The summed E-state index contributed by atoms with van der Waals surface area (Å²) in [7, 11) is 0. The minimum Gasteiger partial charge on any atom is -0.450 e. The SMILES string of the molecule is CCCC(=O)Nc1sc2c(c1C#N)CCN(C(=O)OCC)C2. The van der Waals surface area contributed by atoms with Gasteiger partial charge in [-0.1, -0.05) is 6.92 Å². The standard InChI is InChI=1S/C15H19N3O3S/c1-3-5-13(19)17-14-11(8-16)10-6-7-18(9-12(10)22-14)15(20)21-4-2/h3-7,9H2,1-2H3,(H,17,19). The molecule has 0 saturated heterocycles. The third kappa shape index (κ3) is 3.39. The van der Waals surface area contributed by atoms with E-state index >= 15 is 0 Å². The molecule has 0 fully saturated rings. The monoisotopic (exact) mass is 321 g/mol. The zero-order valence-corrected chi connectivity index (χ0v) is 13.6. The molecule has 1 aliphatic heterocycles. The molecule has 0 spiro atoms. The Hall–Kier alpha value is -2.07. The fourth-order valence-corrected chi connectivity index (χ4v) is 3.63. The summed E-state index contributed by atoms with van der Waals surface area (Å²) in [5, 5.41) is 12.8. The lowest BCUT2D eigenvalue weighted by Gasteiger charge is -2.25. The van der Waals surface area contributed by atoms with E-state index in [2.05, 4.69) is 11.4 Å². The summed E-state index contributed by atoms with van der Waals surface area (Å²) >= 11 is 1.38. The minimum absolute atomic E-state index is 0.0835. The molecule has 1 aromatic heterocycles. The molecule has 0 aliphatic carbocycles. The van der Waals surface area contributed by atoms with E-state index in [1.165, 1.54) is 11.3 Å². The third-order valence-corrected chi connectivity index (χ3v) is 4.56. The zero-order chi connectivity index (χ0) is 16.1. The molecule has 22 heavy (non-hydrogen) atoms. The Morgan fingerprint density at radius 2 is 2.23 bits per heavy atom. The lowest BCUT2D eigenvalue weighted by atomic mass is 10.0. The van der Waals surface area contributed by atoms with Crippen LogP contribution in [0, 0.1) is 11.3 Å². The van der Waals surface area contributed by atoms with Gasteiger partial charge in [-0.2, -0.15) is 5.26 Å². The summed E-state index contributed by atoms with van der Waals surface area (Å²) in [5.41, 5.74) is 1.48. The number of rotatable bonds is 4. The van der Waals surface area contributed by atoms with Crippen molar-refractivity contribution in [3.8, 4) is 6.07 Å². The van der Waals surface area contributed by atoms with Gasteiger partial charge in [0, 0.05) is 17.8 Å². The van der Waals surface area contributed by atoms with Gasteiger partial charge in [-0.05, 0) is 25.3 Å². The molecule has 0 radical (unpaired) electrons. The average molecular weight is 321 g/mol. The van der Waals surface area contributed by atoms with Gasteiger partial charge in [0.05, 0.1) is 18.7 Å². The number of ether oxygens (including phenoxy) is 1. The summed E-state index contributed by atoms with van der Waals surface area (Å²) < 4.78 is 5.01. The van der Waals surface area contributed by atoms with Gasteiger partial charge in [-0.15, -0.1) is 11.3 Å². The molecule has 0 unspecified atom stereocenters. The van der Waals surface area contributed by atoms with Crippen LogP contribution in [0.3, 0.4) is 0 Å². The van der Waals surface area contributed by atoms with Gasteiger partial charge >= 0.3 is 6.09 Å². The van der Waals surface area contributed by atoms with Crippen LogP contribution in [-0.2, 0) is 22.5 Å². The van der Waals surface area contributed by atoms with Crippen molar-refractivity contribution in [1.29, 1.82) is 5.26 Å². The molecule has 2 rings (SSSR count). The molecular weight excluding hydrogens is 302 g/mol. The number of amides is 2. The molecule has 2 amide bonds. The van der Waals surface area contributed by atoms with Crippen LogP contribution >= 0.6 is 11.3 Å². The van der Waals surface area contributed by atoms with Crippen molar-refractivity contribution in [2.24, 2.45) is 0 Å². The number of hydrogen-bond acceptors (Lipinski definition) is 5. The van der Waals surface area contributed by atoms with Gasteiger partial charge in [-0.25, -0.2) is 4.79 Å². The highest BCUT2D eigenvalue weighted by Gasteiger charge is 2.27. The van der Waals surface area contributed by atoms with E-state index in [9.17, 15) is 14.9 Å². The minimum atomic E-state index is -0.336. The van der Waals surface area contributed by atoms with Crippen molar-refractivity contribution in [2.75, 3.05) is 18.5 Å². The maximum atomic E-state index is 11.8. The molecule has 0 saturated carbocycles. The summed E-state index contributed by atoms with van der Waals surface area (Å²) in [6, 6.07) is 2.18. The van der Waals surface area contributed by atoms with Gasteiger partial charge in [0.2, 0.25) is 5.91 Å². The molecule has 1 aromatic rings. The third-order valence-electron chi connectivity index (χ3n) is 3.42. The van der Waals surface area contributed by atoms with Gasteiger partial charge in [0.1, 0.15) is 11.1 Å². The van der Waals surface area contributed by atoms with Gasteiger partial charge in [0.25, 0.3) is 0 Å². The van der Waals surface area contributed by atoms with Crippen LogP contribution in [0.5, 0.6) is 0 Å². The van der Waals surface area contributed by atoms with E-state index in [1.54, 1.807) is 11.8 Å². The van der Waals surface area contributed by atoms with E-state index in [4.69, 9.17) is 4.74 Å². The van der Waals surface area contributed by atoms with Gasteiger partial charge in [0.15, 0.2) is 0 Å². The number of fused-ring (bicyclic) bond motifs is 1. The van der Waals surface area contributed by atoms with Crippen molar-refractivity contribution in [1.82, 2.24) is 4.90 Å². The van der Waals surface area contributed by atoms with Crippen LogP contribution < -0.4 is 5.32 Å². The molecule has 6 nitrogen and oxygen atoms in total. The highest BCUT2D eigenvalue weighted by molar-refractivity contribution is 7.16. The molecule has 2 heterocycles. The molecule has 1 N–H and O–H groups in total. The first kappa shape index (κ1) is 16.3. The number of nitrogens with zero attached hydrogens (tertiary/aromatic N) is 2. The number of anilines is 1. The molecule has 118 valence electrons. The van der Waals surface area contributed by atoms with E-state index in [-0.39, 0.29) is 12.0 Å². The Morgan fingerprint density at radius 3 is 2.86 bits per heavy atom. The number of carbonyl (C=O) groups is 2. The van der Waals surface area contributed by atoms with E-state index in [0.29, 0.717) is 43.1 Å². The van der Waals surface area contributed by atoms with Crippen LogP contribution in [0.25, 0.3) is 0 Å². The molecule has 7 heteroatoms. The number of carbonyl (C=O) groups excluding carboxylic acids is 2. The number of nitrogens with one attached hydrogen (secondary N) is 1. The van der Waals surface area contributed by atoms with Crippen molar-refractivity contribution < 1.29 is 14.3 Å². The van der Waals surface area contributed by atoms with Crippen molar-refractivity contribution in [2.45, 2.75) is 39.7 Å². The average Bonchev–Trinajstić information content (AvgIpc) is 2.83. The normalized spacial score (nSPS) is 13.2. The van der Waals surface area contributed by atoms with Gasteiger partial charge < -0.3 is 15.0 Å². The second-order valence-electron chi connectivity index (χ2n) is 4.99. The highest BCUT2D eigenvalue weighted by atomic mass is 32.1. The Balaban J connectivity index is 2.19. The largest absolute Gasteiger partial charge is 0.450 e. The number of nitriles is 1. The van der Waals surface area contributed by atoms with Crippen LogP contribution in [-0.4, -0.2) is 30.1 Å². The summed E-state index contributed by atoms with van der Waals surface area (Å²) in [6.45, 7) is 5.00. The molecule has 1 aliphatic rings.